The Morgan fingerprint density at radius 3 is 2.82 bits per heavy atom. The number of ether oxygens (including phenoxy) is 1. The predicted octanol–water partition coefficient (Wildman–Crippen LogP) is 2.61. The lowest BCUT2D eigenvalue weighted by Crippen LogP contribution is -2.37. The topological polar surface area (TPSA) is 38.3 Å². The smallest absolute Gasteiger partial charge is 0.307 e. The van der Waals surface area contributed by atoms with Crippen molar-refractivity contribution >= 4 is 17.3 Å². The van der Waals surface area contributed by atoms with Crippen LogP contribution in [0.15, 0.2) is 17.5 Å². The van der Waals surface area contributed by atoms with Crippen LogP contribution in [0.3, 0.4) is 0 Å². The van der Waals surface area contributed by atoms with Gasteiger partial charge in [-0.1, -0.05) is 6.07 Å². The number of carbonyl (C=O) groups excluding carboxylic acids is 1. The second kappa shape index (κ2) is 7.45. The maximum atomic E-state index is 11.3. The minimum Gasteiger partial charge on any atom is -0.466 e. The SMILES string of the molecule is CCOC(=O)CC(C)NC(C)Cc1cccs1. The van der Waals surface area contributed by atoms with Gasteiger partial charge >= 0.3 is 5.97 Å². The lowest BCUT2D eigenvalue weighted by atomic mass is 10.1. The molecule has 2 unspecified atom stereocenters. The molecule has 0 amide bonds. The highest BCUT2D eigenvalue weighted by Crippen LogP contribution is 2.11. The molecule has 17 heavy (non-hydrogen) atoms. The number of esters is 1. The van der Waals surface area contributed by atoms with Crippen LogP contribution in [0.4, 0.5) is 0 Å². The quantitative estimate of drug-likeness (QED) is 0.761. The lowest BCUT2D eigenvalue weighted by Gasteiger charge is -2.18. The van der Waals surface area contributed by atoms with Gasteiger partial charge in [-0.2, -0.15) is 0 Å². The summed E-state index contributed by atoms with van der Waals surface area (Å²) in [7, 11) is 0. The molecule has 0 aromatic carbocycles. The Hall–Kier alpha value is -0.870. The molecule has 0 aliphatic heterocycles. The van der Waals surface area contributed by atoms with Crippen molar-refractivity contribution in [2.75, 3.05) is 6.61 Å². The van der Waals surface area contributed by atoms with Crippen molar-refractivity contribution < 1.29 is 9.53 Å². The van der Waals surface area contributed by atoms with Crippen LogP contribution in [0.1, 0.15) is 32.1 Å². The van der Waals surface area contributed by atoms with Gasteiger partial charge in [-0.05, 0) is 38.6 Å². The largest absolute Gasteiger partial charge is 0.466 e. The van der Waals surface area contributed by atoms with Crippen LogP contribution < -0.4 is 5.32 Å². The van der Waals surface area contributed by atoms with Gasteiger partial charge in [0, 0.05) is 17.0 Å². The third-order valence-electron chi connectivity index (χ3n) is 2.43. The normalized spacial score (nSPS) is 14.3. The average molecular weight is 255 g/mol. The van der Waals surface area contributed by atoms with Crippen molar-refractivity contribution in [3.05, 3.63) is 22.4 Å². The molecule has 0 bridgehead atoms. The first kappa shape index (κ1) is 14.2. The molecule has 0 spiro atoms. The molecule has 4 heteroatoms. The first-order valence-electron chi connectivity index (χ1n) is 6.05. The van der Waals surface area contributed by atoms with E-state index < -0.39 is 0 Å². The van der Waals surface area contributed by atoms with E-state index in [2.05, 4.69) is 29.8 Å². The van der Waals surface area contributed by atoms with Crippen LogP contribution in [0.25, 0.3) is 0 Å². The summed E-state index contributed by atoms with van der Waals surface area (Å²) in [5.74, 6) is -0.129. The Morgan fingerprint density at radius 1 is 1.47 bits per heavy atom. The standard InChI is InChI=1S/C13H21NO2S/c1-4-16-13(15)9-11(3)14-10(2)8-12-6-5-7-17-12/h5-7,10-11,14H,4,8-9H2,1-3H3. The summed E-state index contributed by atoms with van der Waals surface area (Å²) in [6.45, 7) is 6.44. The van der Waals surface area contributed by atoms with Crippen molar-refractivity contribution in [2.24, 2.45) is 0 Å². The van der Waals surface area contributed by atoms with Crippen molar-refractivity contribution in [1.29, 1.82) is 0 Å². The summed E-state index contributed by atoms with van der Waals surface area (Å²) in [5.41, 5.74) is 0. The summed E-state index contributed by atoms with van der Waals surface area (Å²) in [4.78, 5) is 12.7. The zero-order valence-corrected chi connectivity index (χ0v) is 11.5. The molecule has 1 heterocycles. The van der Waals surface area contributed by atoms with Crippen LogP contribution in [0, 0.1) is 0 Å². The molecule has 0 saturated carbocycles. The molecule has 0 radical (unpaired) electrons. The van der Waals surface area contributed by atoms with Gasteiger partial charge in [0.25, 0.3) is 0 Å². The third kappa shape index (κ3) is 5.84. The molecule has 1 aromatic heterocycles. The van der Waals surface area contributed by atoms with E-state index in [1.807, 2.05) is 13.8 Å². The monoisotopic (exact) mass is 255 g/mol. The summed E-state index contributed by atoms with van der Waals surface area (Å²) in [6.07, 6.45) is 1.44. The molecule has 0 aliphatic rings. The van der Waals surface area contributed by atoms with Crippen LogP contribution >= 0.6 is 11.3 Å². The van der Waals surface area contributed by atoms with Crippen LogP contribution in [-0.4, -0.2) is 24.7 Å². The Morgan fingerprint density at radius 2 is 2.24 bits per heavy atom. The summed E-state index contributed by atoms with van der Waals surface area (Å²) in [6, 6.07) is 4.73. The highest BCUT2D eigenvalue weighted by Gasteiger charge is 2.12. The second-order valence-corrected chi connectivity index (χ2v) is 5.29. The summed E-state index contributed by atoms with van der Waals surface area (Å²) < 4.78 is 4.92. The van der Waals surface area contributed by atoms with Gasteiger partial charge in [0.2, 0.25) is 0 Å². The Kier molecular flexibility index (Phi) is 6.22. The Bertz CT molecular complexity index is 324. The molecular weight excluding hydrogens is 234 g/mol. The first-order chi connectivity index (χ1) is 8.11. The van der Waals surface area contributed by atoms with Gasteiger partial charge in [0.15, 0.2) is 0 Å². The minimum atomic E-state index is -0.129. The number of hydrogen-bond acceptors (Lipinski definition) is 4. The van der Waals surface area contributed by atoms with Gasteiger partial charge in [-0.3, -0.25) is 4.79 Å². The number of carbonyl (C=O) groups is 1. The van der Waals surface area contributed by atoms with E-state index in [-0.39, 0.29) is 12.0 Å². The van der Waals surface area contributed by atoms with Crippen LogP contribution in [-0.2, 0) is 16.0 Å². The summed E-state index contributed by atoms with van der Waals surface area (Å²) in [5, 5.41) is 5.50. The fraction of sp³-hybridized carbons (Fsp3) is 0.615. The molecule has 0 aliphatic carbocycles. The predicted molar refractivity (Wildman–Crippen MR) is 71.3 cm³/mol. The third-order valence-corrected chi connectivity index (χ3v) is 3.33. The molecule has 1 N–H and O–H groups in total. The first-order valence-corrected chi connectivity index (χ1v) is 6.93. The number of nitrogens with one attached hydrogen (secondary N) is 1. The van der Waals surface area contributed by atoms with Gasteiger partial charge in [0.05, 0.1) is 13.0 Å². The van der Waals surface area contributed by atoms with Gasteiger partial charge < -0.3 is 10.1 Å². The average Bonchev–Trinajstić information content (AvgIpc) is 2.69. The zero-order chi connectivity index (χ0) is 12.7. The van der Waals surface area contributed by atoms with E-state index in [1.54, 1.807) is 11.3 Å². The van der Waals surface area contributed by atoms with E-state index in [0.29, 0.717) is 19.1 Å². The molecule has 2 atom stereocenters. The van der Waals surface area contributed by atoms with E-state index >= 15 is 0 Å². The van der Waals surface area contributed by atoms with Crippen LogP contribution in [0.5, 0.6) is 0 Å². The number of hydrogen-bond donors (Lipinski definition) is 1. The zero-order valence-electron chi connectivity index (χ0n) is 10.7. The molecule has 1 rings (SSSR count). The maximum Gasteiger partial charge on any atom is 0.307 e. The molecule has 96 valence electrons. The number of rotatable bonds is 7. The minimum absolute atomic E-state index is 0.129. The van der Waals surface area contributed by atoms with E-state index in [1.165, 1.54) is 4.88 Å². The molecule has 3 nitrogen and oxygen atoms in total. The van der Waals surface area contributed by atoms with Gasteiger partial charge in [-0.25, -0.2) is 0 Å². The maximum absolute atomic E-state index is 11.3. The van der Waals surface area contributed by atoms with Gasteiger partial charge in [-0.15, -0.1) is 11.3 Å². The van der Waals surface area contributed by atoms with E-state index in [4.69, 9.17) is 4.74 Å². The second-order valence-electron chi connectivity index (χ2n) is 4.26. The number of thiophene rings is 1. The molecular formula is C13H21NO2S. The van der Waals surface area contributed by atoms with E-state index in [0.717, 1.165) is 6.42 Å². The Labute approximate surface area is 107 Å². The molecule has 1 aromatic rings. The highest BCUT2D eigenvalue weighted by atomic mass is 32.1. The summed E-state index contributed by atoms with van der Waals surface area (Å²) >= 11 is 1.77. The van der Waals surface area contributed by atoms with E-state index in [9.17, 15) is 4.79 Å². The fourth-order valence-electron chi connectivity index (χ4n) is 1.80. The van der Waals surface area contributed by atoms with Crippen molar-refractivity contribution in [3.8, 4) is 0 Å². The van der Waals surface area contributed by atoms with Crippen LogP contribution in [0.2, 0.25) is 0 Å². The van der Waals surface area contributed by atoms with Gasteiger partial charge in [0.1, 0.15) is 0 Å². The fourth-order valence-corrected chi connectivity index (χ4v) is 2.64. The lowest BCUT2D eigenvalue weighted by molar-refractivity contribution is -0.143. The van der Waals surface area contributed by atoms with Crippen molar-refractivity contribution in [3.63, 3.8) is 0 Å². The van der Waals surface area contributed by atoms with Crippen molar-refractivity contribution in [2.45, 2.75) is 45.7 Å². The highest BCUT2D eigenvalue weighted by molar-refractivity contribution is 7.09. The van der Waals surface area contributed by atoms with Crippen molar-refractivity contribution in [1.82, 2.24) is 5.32 Å². The molecule has 0 fully saturated rings. The Balaban J connectivity index is 2.25. The molecule has 0 saturated heterocycles.